The summed E-state index contributed by atoms with van der Waals surface area (Å²) >= 11 is 0. The number of benzene rings is 2. The van der Waals surface area contributed by atoms with Crippen LogP contribution in [0.15, 0.2) is 72.0 Å². The number of carbonyl (C=O) groups excluding carboxylic acids is 2. The number of hydrazone groups is 1. The number of urea groups is 1. The number of nitrogens with one attached hydrogen (secondary N) is 2. The lowest BCUT2D eigenvalue weighted by Gasteiger charge is -2.25. The van der Waals surface area contributed by atoms with Gasteiger partial charge in [0.25, 0.3) is 5.91 Å². The van der Waals surface area contributed by atoms with E-state index in [1.165, 1.54) is 12.3 Å². The molecular weight excluding hydrogens is 472 g/mol. The molecule has 3 amide bonds. The Hall–Kier alpha value is -4.60. The highest BCUT2D eigenvalue weighted by Crippen LogP contribution is 2.31. The fraction of sp³-hybridized carbons (Fsp3) is 0.259. The van der Waals surface area contributed by atoms with E-state index in [1.54, 1.807) is 37.4 Å². The molecule has 2 aromatic carbocycles. The van der Waals surface area contributed by atoms with E-state index >= 15 is 0 Å². The van der Waals surface area contributed by atoms with Crippen molar-refractivity contribution in [3.63, 3.8) is 0 Å². The largest absolute Gasteiger partial charge is 0.497 e. The van der Waals surface area contributed by atoms with E-state index in [-0.39, 0.29) is 23.3 Å². The Morgan fingerprint density at radius 3 is 2.30 bits per heavy atom. The number of hydrogen-bond donors (Lipinski definition) is 3. The van der Waals surface area contributed by atoms with Crippen LogP contribution in [0.1, 0.15) is 37.7 Å². The monoisotopic (exact) mass is 502 g/mol. The average molecular weight is 503 g/mol. The highest BCUT2D eigenvalue weighted by molar-refractivity contribution is 5.95. The minimum absolute atomic E-state index is 0.113. The smallest absolute Gasteiger partial charge is 0.320 e. The van der Waals surface area contributed by atoms with Crippen LogP contribution in [0.5, 0.6) is 17.2 Å². The number of anilines is 2. The van der Waals surface area contributed by atoms with Crippen LogP contribution in [-0.2, 0) is 0 Å². The van der Waals surface area contributed by atoms with Gasteiger partial charge in [-0.3, -0.25) is 9.78 Å². The molecule has 37 heavy (non-hydrogen) atoms. The van der Waals surface area contributed by atoms with Crippen LogP contribution < -0.4 is 30.8 Å². The standard InChI is InChI=1S/C27H30N6O4/c1-27(2,3)23-16-24(33(32-23)18-7-11-19(36-4)12-8-18)31-26(35)30-17-5-9-20(10-6-17)37-21-13-14-29-22(15-21)25(28)34/h5-15,24H,16H2,1-4H3,(H2,28,34)(H2,30,31,35). The van der Waals surface area contributed by atoms with Gasteiger partial charge in [0.05, 0.1) is 12.8 Å². The Kier molecular flexibility index (Phi) is 7.28. The van der Waals surface area contributed by atoms with Gasteiger partial charge < -0.3 is 25.8 Å². The highest BCUT2D eigenvalue weighted by atomic mass is 16.5. The number of primary amides is 1. The molecule has 0 saturated heterocycles. The first kappa shape index (κ1) is 25.5. The first-order chi connectivity index (χ1) is 17.6. The predicted molar refractivity (Wildman–Crippen MR) is 142 cm³/mol. The number of rotatable bonds is 7. The van der Waals surface area contributed by atoms with Gasteiger partial charge in [0, 0.05) is 35.5 Å². The van der Waals surface area contributed by atoms with Gasteiger partial charge in [0.2, 0.25) is 0 Å². The molecule has 1 unspecified atom stereocenters. The molecule has 3 aromatic rings. The van der Waals surface area contributed by atoms with E-state index in [4.69, 9.17) is 20.3 Å². The third kappa shape index (κ3) is 6.35. The lowest BCUT2D eigenvalue weighted by atomic mass is 9.88. The summed E-state index contributed by atoms with van der Waals surface area (Å²) in [5.41, 5.74) is 7.67. The first-order valence-corrected chi connectivity index (χ1v) is 11.7. The number of nitrogens with zero attached hydrogens (tertiary/aromatic N) is 3. The Morgan fingerprint density at radius 2 is 1.68 bits per heavy atom. The Morgan fingerprint density at radius 1 is 1.00 bits per heavy atom. The Balaban J connectivity index is 1.41. The molecule has 0 saturated carbocycles. The van der Waals surface area contributed by atoms with Gasteiger partial charge >= 0.3 is 6.03 Å². The number of methoxy groups -OCH3 is 1. The lowest BCUT2D eigenvalue weighted by molar-refractivity contribution is 0.0995. The van der Waals surface area contributed by atoms with Gasteiger partial charge in [-0.15, -0.1) is 0 Å². The quantitative estimate of drug-likeness (QED) is 0.428. The molecule has 0 radical (unpaired) electrons. The van der Waals surface area contributed by atoms with Crippen LogP contribution in [0.4, 0.5) is 16.2 Å². The maximum absolute atomic E-state index is 12.9. The van der Waals surface area contributed by atoms with E-state index < -0.39 is 5.91 Å². The van der Waals surface area contributed by atoms with Crippen molar-refractivity contribution in [2.24, 2.45) is 16.3 Å². The molecule has 4 N–H and O–H groups in total. The number of ether oxygens (including phenoxy) is 2. The van der Waals surface area contributed by atoms with Gasteiger partial charge in [-0.1, -0.05) is 20.8 Å². The average Bonchev–Trinajstić information content (AvgIpc) is 3.29. The van der Waals surface area contributed by atoms with Crippen LogP contribution in [-0.4, -0.2) is 35.9 Å². The fourth-order valence-electron chi connectivity index (χ4n) is 3.72. The summed E-state index contributed by atoms with van der Waals surface area (Å²) in [7, 11) is 1.62. The third-order valence-electron chi connectivity index (χ3n) is 5.74. The number of hydrogen-bond acceptors (Lipinski definition) is 7. The van der Waals surface area contributed by atoms with Crippen LogP contribution in [0.2, 0.25) is 0 Å². The van der Waals surface area contributed by atoms with Crippen molar-refractivity contribution in [2.75, 3.05) is 17.4 Å². The SMILES string of the molecule is COc1ccc(N2N=C(C(C)(C)C)CC2NC(=O)Nc2ccc(Oc3ccnc(C(N)=O)c3)cc2)cc1. The fourth-order valence-corrected chi connectivity index (χ4v) is 3.72. The normalized spacial score (nSPS) is 15.1. The summed E-state index contributed by atoms with van der Waals surface area (Å²) in [6, 6.07) is 17.1. The number of carbonyl (C=O) groups is 2. The van der Waals surface area contributed by atoms with Crippen LogP contribution >= 0.6 is 0 Å². The molecule has 4 rings (SSSR count). The molecule has 1 aliphatic heterocycles. The summed E-state index contributed by atoms with van der Waals surface area (Å²) < 4.78 is 11.0. The second kappa shape index (κ2) is 10.6. The molecule has 10 nitrogen and oxygen atoms in total. The molecule has 0 fully saturated rings. The van der Waals surface area contributed by atoms with Gasteiger partial charge in [0.15, 0.2) is 0 Å². The predicted octanol–water partition coefficient (Wildman–Crippen LogP) is 4.74. The summed E-state index contributed by atoms with van der Waals surface area (Å²) in [4.78, 5) is 28.1. The Labute approximate surface area is 215 Å². The van der Waals surface area contributed by atoms with Crippen molar-refractivity contribution in [1.82, 2.24) is 10.3 Å². The van der Waals surface area contributed by atoms with Crippen LogP contribution in [0, 0.1) is 5.41 Å². The molecule has 1 aromatic heterocycles. The zero-order valence-electron chi connectivity index (χ0n) is 21.2. The molecule has 2 heterocycles. The number of nitrogens with two attached hydrogens (primary N) is 1. The molecule has 10 heteroatoms. The second-order valence-corrected chi connectivity index (χ2v) is 9.53. The second-order valence-electron chi connectivity index (χ2n) is 9.53. The van der Waals surface area contributed by atoms with E-state index in [0.29, 0.717) is 23.6 Å². The number of amides is 3. The zero-order valence-corrected chi connectivity index (χ0v) is 21.2. The number of aromatic nitrogens is 1. The van der Waals surface area contributed by atoms with Crippen molar-refractivity contribution in [1.29, 1.82) is 0 Å². The summed E-state index contributed by atoms with van der Waals surface area (Å²) in [6.45, 7) is 6.31. The molecule has 0 spiro atoms. The Bertz CT molecular complexity index is 1300. The molecular formula is C27H30N6O4. The molecule has 0 bridgehead atoms. The zero-order chi connectivity index (χ0) is 26.6. The van der Waals surface area contributed by atoms with Crippen molar-refractivity contribution in [3.8, 4) is 17.2 Å². The van der Waals surface area contributed by atoms with E-state index in [9.17, 15) is 9.59 Å². The van der Waals surface area contributed by atoms with E-state index in [0.717, 1.165) is 17.1 Å². The van der Waals surface area contributed by atoms with Gasteiger partial charge in [-0.05, 0) is 54.6 Å². The summed E-state index contributed by atoms with van der Waals surface area (Å²) in [5.74, 6) is 1.06. The minimum atomic E-state index is -0.635. The molecule has 192 valence electrons. The van der Waals surface area contributed by atoms with Crippen molar-refractivity contribution < 1.29 is 19.1 Å². The molecule has 0 aliphatic carbocycles. The maximum Gasteiger partial charge on any atom is 0.320 e. The topological polar surface area (TPSA) is 131 Å². The number of pyridine rings is 1. The minimum Gasteiger partial charge on any atom is -0.497 e. The van der Waals surface area contributed by atoms with Gasteiger partial charge in [-0.2, -0.15) is 5.10 Å². The molecule has 1 atom stereocenters. The van der Waals surface area contributed by atoms with Gasteiger partial charge in [0.1, 0.15) is 29.1 Å². The van der Waals surface area contributed by atoms with Crippen molar-refractivity contribution >= 4 is 29.0 Å². The van der Waals surface area contributed by atoms with E-state index in [2.05, 4.69) is 36.4 Å². The third-order valence-corrected chi connectivity index (χ3v) is 5.74. The van der Waals surface area contributed by atoms with Crippen LogP contribution in [0.25, 0.3) is 0 Å². The van der Waals surface area contributed by atoms with E-state index in [1.807, 2.05) is 29.3 Å². The van der Waals surface area contributed by atoms with Crippen molar-refractivity contribution in [3.05, 3.63) is 72.6 Å². The highest BCUT2D eigenvalue weighted by Gasteiger charge is 2.34. The molecule has 1 aliphatic rings. The van der Waals surface area contributed by atoms with Crippen molar-refractivity contribution in [2.45, 2.75) is 33.4 Å². The summed E-state index contributed by atoms with van der Waals surface area (Å²) in [5, 5.41) is 12.5. The summed E-state index contributed by atoms with van der Waals surface area (Å²) in [6.07, 6.45) is 1.69. The van der Waals surface area contributed by atoms with Gasteiger partial charge in [-0.25, -0.2) is 9.80 Å². The first-order valence-electron chi connectivity index (χ1n) is 11.7. The maximum atomic E-state index is 12.9. The van der Waals surface area contributed by atoms with Crippen LogP contribution in [0.3, 0.4) is 0 Å². The lowest BCUT2D eigenvalue weighted by Crippen LogP contribution is -2.45.